The number of nitriles is 1. The molecule has 2 aromatic heterocycles. The predicted octanol–water partition coefficient (Wildman–Crippen LogP) is -1.61. The van der Waals surface area contributed by atoms with E-state index in [-0.39, 0.29) is 30.3 Å². The number of fused-ring (bicyclic) bond motifs is 1. The van der Waals surface area contributed by atoms with E-state index < -0.39 is 35.1 Å². The van der Waals surface area contributed by atoms with Gasteiger partial charge in [0.2, 0.25) is 0 Å². The lowest BCUT2D eigenvalue weighted by Crippen LogP contribution is -2.71. The minimum Gasteiger partial charge on any atom is -0.543 e. The van der Waals surface area contributed by atoms with Crippen LogP contribution in [0.25, 0.3) is 11.3 Å². The predicted molar refractivity (Wildman–Crippen MR) is 129 cm³/mol. The Bertz CT molecular complexity index is 1390. The Balaban J connectivity index is 1.47. The van der Waals surface area contributed by atoms with E-state index in [2.05, 4.69) is 20.7 Å². The number of hydrogen-bond acceptors (Lipinski definition) is 10. The number of carboxylic acids is 1. The molecule has 2 aliphatic rings. The van der Waals surface area contributed by atoms with Crippen molar-refractivity contribution in [2.24, 2.45) is 5.16 Å². The highest BCUT2D eigenvalue weighted by Gasteiger charge is 2.53. The smallest absolute Gasteiger partial charge is 0.282 e. The van der Waals surface area contributed by atoms with E-state index in [0.717, 1.165) is 4.90 Å². The van der Waals surface area contributed by atoms with E-state index in [1.165, 1.54) is 24.8 Å². The Morgan fingerprint density at radius 3 is 2.79 bits per heavy atom. The highest BCUT2D eigenvalue weighted by atomic mass is 32.2. The number of oxime groups is 1. The van der Waals surface area contributed by atoms with Crippen LogP contribution >= 0.6 is 11.8 Å². The van der Waals surface area contributed by atoms with Crippen molar-refractivity contribution >= 4 is 41.2 Å². The summed E-state index contributed by atoms with van der Waals surface area (Å²) in [4.78, 5) is 54.9. The zero-order valence-corrected chi connectivity index (χ0v) is 21.1. The SMILES string of the molecule is CCO/N=C(\C)C(=O)NC1C(=O)N2C(C(=O)[O-])=C(C[n+]3ccc(-c4cc(C(=O)NC#N)[nH]n4)cc3)CSC12. The molecular formula is C23H22N8O6S. The summed E-state index contributed by atoms with van der Waals surface area (Å²) in [5.74, 6) is -2.90. The summed E-state index contributed by atoms with van der Waals surface area (Å²) in [6.07, 6.45) is 4.96. The number of pyridine rings is 1. The molecule has 0 aromatic carbocycles. The topological polar surface area (TPSA) is 197 Å². The first-order valence-electron chi connectivity index (χ1n) is 11.3. The van der Waals surface area contributed by atoms with E-state index in [1.54, 1.807) is 42.2 Å². The van der Waals surface area contributed by atoms with E-state index in [9.17, 15) is 24.3 Å². The second-order valence-corrected chi connectivity index (χ2v) is 9.29. The second-order valence-electron chi connectivity index (χ2n) is 8.19. The van der Waals surface area contributed by atoms with Crippen LogP contribution < -0.4 is 20.3 Å². The fraction of sp³-hybridized carbons (Fsp3) is 0.304. The quantitative estimate of drug-likeness (QED) is 0.0840. The van der Waals surface area contributed by atoms with Gasteiger partial charge in [-0.25, -0.2) is 4.57 Å². The fourth-order valence-corrected chi connectivity index (χ4v) is 5.23. The van der Waals surface area contributed by atoms with E-state index >= 15 is 0 Å². The number of aromatic nitrogens is 3. The monoisotopic (exact) mass is 538 g/mol. The van der Waals surface area contributed by atoms with Crippen LogP contribution in [0, 0.1) is 11.5 Å². The van der Waals surface area contributed by atoms with Crippen molar-refractivity contribution in [3.8, 4) is 17.5 Å². The zero-order chi connectivity index (χ0) is 27.4. The third kappa shape index (κ3) is 5.20. The van der Waals surface area contributed by atoms with Crippen molar-refractivity contribution in [1.82, 2.24) is 25.7 Å². The van der Waals surface area contributed by atoms with E-state index in [1.807, 2.05) is 5.32 Å². The van der Waals surface area contributed by atoms with Gasteiger partial charge in [0, 0.05) is 29.0 Å². The number of aliphatic carboxylic acids is 1. The summed E-state index contributed by atoms with van der Waals surface area (Å²) >= 11 is 1.34. The average molecular weight is 539 g/mol. The van der Waals surface area contributed by atoms with Crippen LogP contribution in [0.2, 0.25) is 0 Å². The molecule has 2 aromatic rings. The fourth-order valence-electron chi connectivity index (χ4n) is 3.90. The molecule has 2 aliphatic heterocycles. The summed E-state index contributed by atoms with van der Waals surface area (Å²) in [5.41, 5.74) is 1.60. The Labute approximate surface area is 220 Å². The molecule has 15 heteroatoms. The molecule has 2 atom stereocenters. The first kappa shape index (κ1) is 26.4. The molecule has 0 radical (unpaired) electrons. The molecule has 3 amide bonds. The van der Waals surface area contributed by atoms with Crippen LogP contribution in [0.1, 0.15) is 24.3 Å². The molecule has 196 valence electrons. The number of H-pyrrole nitrogens is 1. The van der Waals surface area contributed by atoms with Crippen molar-refractivity contribution in [1.29, 1.82) is 5.26 Å². The van der Waals surface area contributed by atoms with Crippen LogP contribution in [0.3, 0.4) is 0 Å². The van der Waals surface area contributed by atoms with Gasteiger partial charge in [-0.3, -0.25) is 29.7 Å². The van der Waals surface area contributed by atoms with Crippen molar-refractivity contribution in [2.75, 3.05) is 12.4 Å². The number of aromatic amines is 1. The number of β-lactam (4-membered cyclic amide) rings is 1. The molecule has 0 spiro atoms. The summed E-state index contributed by atoms with van der Waals surface area (Å²) in [5, 5.41) is 34.9. The minimum absolute atomic E-state index is 0.0478. The number of thioether (sulfide) groups is 1. The molecule has 4 rings (SSSR count). The lowest BCUT2D eigenvalue weighted by molar-refractivity contribution is -0.689. The summed E-state index contributed by atoms with van der Waals surface area (Å²) in [7, 11) is 0. The van der Waals surface area contributed by atoms with Crippen molar-refractivity contribution in [3.05, 3.63) is 47.6 Å². The summed E-state index contributed by atoms with van der Waals surface area (Å²) < 4.78 is 1.73. The summed E-state index contributed by atoms with van der Waals surface area (Å²) in [6.45, 7) is 3.63. The Kier molecular flexibility index (Phi) is 7.72. The van der Waals surface area contributed by atoms with Crippen molar-refractivity contribution in [2.45, 2.75) is 31.8 Å². The van der Waals surface area contributed by atoms with Gasteiger partial charge in [0.15, 0.2) is 25.1 Å². The number of hydrogen-bond donors (Lipinski definition) is 3. The molecule has 3 N–H and O–H groups in total. The highest BCUT2D eigenvalue weighted by Crippen LogP contribution is 2.40. The maximum Gasteiger partial charge on any atom is 0.282 e. The van der Waals surface area contributed by atoms with E-state index in [4.69, 9.17) is 10.1 Å². The molecule has 14 nitrogen and oxygen atoms in total. The molecule has 0 aliphatic carbocycles. The van der Waals surface area contributed by atoms with Gasteiger partial charge in [0.25, 0.3) is 17.7 Å². The highest BCUT2D eigenvalue weighted by molar-refractivity contribution is 8.00. The van der Waals surface area contributed by atoms with Crippen LogP contribution in [0.15, 0.2) is 47.0 Å². The maximum atomic E-state index is 12.8. The molecule has 0 saturated carbocycles. The lowest BCUT2D eigenvalue weighted by Gasteiger charge is -2.50. The molecule has 1 saturated heterocycles. The minimum atomic E-state index is -1.48. The Morgan fingerprint density at radius 1 is 1.39 bits per heavy atom. The first-order chi connectivity index (χ1) is 18.2. The number of carbonyl (C=O) groups is 4. The third-order valence-corrected chi connectivity index (χ3v) is 7.08. The number of carboxylic acid groups (broad SMARTS) is 1. The van der Waals surface area contributed by atoms with Gasteiger partial charge < -0.3 is 20.1 Å². The molecular weight excluding hydrogens is 516 g/mol. The van der Waals surface area contributed by atoms with Crippen LogP contribution in [-0.4, -0.2) is 68.3 Å². The maximum absolute atomic E-state index is 12.8. The largest absolute Gasteiger partial charge is 0.543 e. The van der Waals surface area contributed by atoms with Gasteiger partial charge >= 0.3 is 0 Å². The number of nitrogens with zero attached hydrogens (tertiary/aromatic N) is 5. The van der Waals surface area contributed by atoms with Crippen molar-refractivity contribution < 1.29 is 33.7 Å². The Morgan fingerprint density at radius 2 is 2.13 bits per heavy atom. The molecule has 38 heavy (non-hydrogen) atoms. The average Bonchev–Trinajstić information content (AvgIpc) is 3.41. The number of carbonyl (C=O) groups excluding carboxylic acids is 4. The first-order valence-corrected chi connectivity index (χ1v) is 12.4. The van der Waals surface area contributed by atoms with E-state index in [0.29, 0.717) is 22.6 Å². The van der Waals surface area contributed by atoms with Gasteiger partial charge in [-0.1, -0.05) is 5.16 Å². The molecule has 4 heterocycles. The number of nitrogens with one attached hydrogen (secondary N) is 3. The molecule has 1 fully saturated rings. The number of rotatable bonds is 9. The standard InChI is InChI=1S/C23H22N8O6S/c1-3-37-29-12(2)19(32)26-17-21(34)31-18(23(35)36)14(10-38-22(17)31)9-30-6-4-13(5-7-30)15-8-16(28-27-15)20(33)25-11-24/h4-8,17,22H,3,9-10H2,1-2H3,(H3,25,26,32,33,35,36)/b29-12+. The summed E-state index contributed by atoms with van der Waals surface area (Å²) in [6, 6.07) is 4.06. The van der Waals surface area contributed by atoms with Crippen LogP contribution in [0.4, 0.5) is 0 Å². The van der Waals surface area contributed by atoms with Gasteiger partial charge in [0.1, 0.15) is 29.4 Å². The molecule has 2 unspecified atom stereocenters. The van der Waals surface area contributed by atoms with Gasteiger partial charge in [-0.15, -0.1) is 11.8 Å². The second kappa shape index (κ2) is 11.1. The lowest BCUT2D eigenvalue weighted by atomic mass is 10.0. The van der Waals surface area contributed by atoms with Gasteiger partial charge in [-0.05, 0) is 19.9 Å². The Hall–Kier alpha value is -4.71. The van der Waals surface area contributed by atoms with Crippen LogP contribution in [0.5, 0.6) is 0 Å². The molecule has 0 bridgehead atoms. The number of amides is 3. The van der Waals surface area contributed by atoms with Crippen molar-refractivity contribution in [3.63, 3.8) is 0 Å². The normalized spacial score (nSPS) is 18.7. The van der Waals surface area contributed by atoms with Gasteiger partial charge in [-0.2, -0.15) is 10.4 Å². The van der Waals surface area contributed by atoms with Crippen LogP contribution in [-0.2, 0) is 25.8 Å². The zero-order valence-electron chi connectivity index (χ0n) is 20.3. The van der Waals surface area contributed by atoms with Gasteiger partial charge in [0.05, 0.1) is 17.4 Å². The third-order valence-electron chi connectivity index (χ3n) is 5.74.